The molecule has 1 aromatic rings. The topological polar surface area (TPSA) is 36.7 Å². The van der Waals surface area contributed by atoms with Crippen molar-refractivity contribution in [2.45, 2.75) is 6.92 Å². The summed E-state index contributed by atoms with van der Waals surface area (Å²) in [5.41, 5.74) is 1.18. The van der Waals surface area contributed by atoms with Crippen LogP contribution in [0.1, 0.15) is 11.3 Å². The highest BCUT2D eigenvalue weighted by Gasteiger charge is 2.04. The number of nitrogens with zero attached hydrogens (tertiary/aromatic N) is 2. The molecule has 56 valence electrons. The van der Waals surface area contributed by atoms with Crippen molar-refractivity contribution in [1.29, 1.82) is 5.26 Å². The summed E-state index contributed by atoms with van der Waals surface area (Å²) in [6, 6.07) is 3.63. The van der Waals surface area contributed by atoms with Crippen LogP contribution in [-0.4, -0.2) is 4.98 Å². The highest BCUT2D eigenvalue weighted by atomic mass is 79.9. The van der Waals surface area contributed by atoms with Crippen molar-refractivity contribution in [2.75, 3.05) is 0 Å². The smallest absolute Gasteiger partial charge is 0.130 e. The molecule has 1 aromatic heterocycles. The molecule has 1 heterocycles. The van der Waals surface area contributed by atoms with Gasteiger partial charge in [-0.05, 0) is 28.9 Å². The third kappa shape index (κ3) is 1.70. The molecule has 0 unspecified atom stereocenters. The fourth-order valence-corrected chi connectivity index (χ4v) is 1.69. The molecule has 1 rings (SSSR count). The molecule has 0 radical (unpaired) electrons. The minimum absolute atomic E-state index is 0.397. The lowest BCUT2D eigenvalue weighted by molar-refractivity contribution is 1.17. The lowest BCUT2D eigenvalue weighted by Crippen LogP contribution is -1.89. The maximum Gasteiger partial charge on any atom is 0.130 e. The summed E-state index contributed by atoms with van der Waals surface area (Å²) < 4.78 is 0.692. The maximum absolute atomic E-state index is 8.63. The number of aromatic nitrogens is 1. The number of pyridine rings is 1. The average Bonchev–Trinajstić information content (AvgIpc) is 1.85. The van der Waals surface area contributed by atoms with E-state index in [0.29, 0.717) is 20.9 Å². The molecule has 0 saturated carbocycles. The molecule has 0 saturated heterocycles. The number of hydrogen-bond acceptors (Lipinski definition) is 2. The number of halogens is 2. The highest BCUT2D eigenvalue weighted by Crippen LogP contribution is 2.21. The van der Waals surface area contributed by atoms with Crippen LogP contribution >= 0.6 is 27.5 Å². The zero-order valence-corrected chi connectivity index (χ0v) is 8.07. The molecule has 2 nitrogen and oxygen atoms in total. The lowest BCUT2D eigenvalue weighted by Gasteiger charge is -1.98. The Balaban J connectivity index is 3.40. The fourth-order valence-electron chi connectivity index (χ4n) is 0.732. The van der Waals surface area contributed by atoms with E-state index in [1.165, 1.54) is 0 Å². The van der Waals surface area contributed by atoms with Gasteiger partial charge in [-0.15, -0.1) is 0 Å². The number of aryl methyl sites for hydroxylation is 1. The highest BCUT2D eigenvalue weighted by molar-refractivity contribution is 9.10. The summed E-state index contributed by atoms with van der Waals surface area (Å²) in [5, 5.41) is 9.02. The molecule has 0 aliphatic heterocycles. The minimum Gasteiger partial charge on any atom is -0.240 e. The zero-order valence-electron chi connectivity index (χ0n) is 5.73. The van der Waals surface area contributed by atoms with Gasteiger partial charge < -0.3 is 0 Å². The Kier molecular flexibility index (Phi) is 2.48. The van der Waals surface area contributed by atoms with Gasteiger partial charge in [0.15, 0.2) is 0 Å². The SMILES string of the molecule is Cc1nc(Cl)cc(Br)c1C#N. The van der Waals surface area contributed by atoms with E-state index in [-0.39, 0.29) is 0 Å². The molecule has 0 aliphatic carbocycles. The van der Waals surface area contributed by atoms with Gasteiger partial charge in [0.05, 0.1) is 11.3 Å². The Labute approximate surface area is 77.9 Å². The molecular weight excluding hydrogens is 227 g/mol. The first kappa shape index (κ1) is 8.51. The molecule has 0 spiro atoms. The van der Waals surface area contributed by atoms with Crippen LogP contribution in [0.2, 0.25) is 5.15 Å². The van der Waals surface area contributed by atoms with Crippen LogP contribution in [0.15, 0.2) is 10.5 Å². The average molecular weight is 231 g/mol. The third-order valence-electron chi connectivity index (χ3n) is 1.23. The van der Waals surface area contributed by atoms with Gasteiger partial charge in [-0.25, -0.2) is 4.98 Å². The van der Waals surface area contributed by atoms with Gasteiger partial charge in [-0.3, -0.25) is 0 Å². The van der Waals surface area contributed by atoms with Crippen molar-refractivity contribution >= 4 is 27.5 Å². The van der Waals surface area contributed by atoms with Gasteiger partial charge in [-0.2, -0.15) is 5.26 Å². The predicted molar refractivity (Wildman–Crippen MR) is 46.4 cm³/mol. The van der Waals surface area contributed by atoms with Crippen molar-refractivity contribution in [1.82, 2.24) is 4.98 Å². The van der Waals surface area contributed by atoms with E-state index in [4.69, 9.17) is 16.9 Å². The monoisotopic (exact) mass is 230 g/mol. The molecule has 0 fully saturated rings. The molecule has 4 heteroatoms. The van der Waals surface area contributed by atoms with Gasteiger partial charge in [0.2, 0.25) is 0 Å². The quantitative estimate of drug-likeness (QED) is 0.644. The van der Waals surface area contributed by atoms with E-state index in [9.17, 15) is 0 Å². The second kappa shape index (κ2) is 3.21. The standard InChI is InChI=1S/C7H4BrClN2/c1-4-5(3-10)6(8)2-7(9)11-4/h2H,1H3. The first-order chi connectivity index (χ1) is 5.15. The molecule has 0 aromatic carbocycles. The van der Waals surface area contributed by atoms with E-state index in [1.807, 2.05) is 6.07 Å². The summed E-state index contributed by atoms with van der Waals surface area (Å²) in [6.45, 7) is 1.75. The van der Waals surface area contributed by atoms with Gasteiger partial charge >= 0.3 is 0 Å². The van der Waals surface area contributed by atoms with Gasteiger partial charge in [0.1, 0.15) is 11.2 Å². The summed E-state index contributed by atoms with van der Waals surface area (Å²) in [6.07, 6.45) is 0. The number of nitriles is 1. The van der Waals surface area contributed by atoms with Crippen molar-refractivity contribution in [3.8, 4) is 6.07 Å². The van der Waals surface area contributed by atoms with E-state index >= 15 is 0 Å². The van der Waals surface area contributed by atoms with Crippen molar-refractivity contribution < 1.29 is 0 Å². The van der Waals surface area contributed by atoms with Crippen LogP contribution in [0.4, 0.5) is 0 Å². The molecule has 0 aliphatic rings. The number of hydrogen-bond donors (Lipinski definition) is 0. The Morgan fingerprint density at radius 2 is 2.36 bits per heavy atom. The van der Waals surface area contributed by atoms with E-state index in [2.05, 4.69) is 20.9 Å². The molecule has 0 bridgehead atoms. The van der Waals surface area contributed by atoms with Crippen molar-refractivity contribution in [3.05, 3.63) is 26.9 Å². The summed E-state index contributed by atoms with van der Waals surface area (Å²) in [5.74, 6) is 0. The Hall–Kier alpha value is -0.590. The molecule has 0 amide bonds. The van der Waals surface area contributed by atoms with Crippen LogP contribution in [0.3, 0.4) is 0 Å². The Bertz CT molecular complexity index is 307. The van der Waals surface area contributed by atoms with E-state index in [1.54, 1.807) is 13.0 Å². The van der Waals surface area contributed by atoms with Crippen molar-refractivity contribution in [3.63, 3.8) is 0 Å². The van der Waals surface area contributed by atoms with E-state index < -0.39 is 0 Å². The van der Waals surface area contributed by atoms with E-state index in [0.717, 1.165) is 0 Å². The second-order valence-corrected chi connectivity index (χ2v) is 3.24. The summed E-state index contributed by atoms with van der Waals surface area (Å²) >= 11 is 8.84. The Morgan fingerprint density at radius 1 is 1.73 bits per heavy atom. The summed E-state index contributed by atoms with van der Waals surface area (Å²) in [4.78, 5) is 3.92. The molecule has 11 heavy (non-hydrogen) atoms. The molecular formula is C7H4BrClN2. The van der Waals surface area contributed by atoms with Gasteiger partial charge in [0.25, 0.3) is 0 Å². The zero-order chi connectivity index (χ0) is 8.43. The largest absolute Gasteiger partial charge is 0.240 e. The van der Waals surface area contributed by atoms with Gasteiger partial charge in [-0.1, -0.05) is 11.6 Å². The Morgan fingerprint density at radius 3 is 2.82 bits per heavy atom. The second-order valence-electron chi connectivity index (χ2n) is 2.00. The van der Waals surface area contributed by atoms with Crippen LogP contribution in [0.5, 0.6) is 0 Å². The fraction of sp³-hybridized carbons (Fsp3) is 0.143. The van der Waals surface area contributed by atoms with Crippen LogP contribution < -0.4 is 0 Å². The van der Waals surface area contributed by atoms with Crippen molar-refractivity contribution in [2.24, 2.45) is 0 Å². The predicted octanol–water partition coefficient (Wildman–Crippen LogP) is 2.68. The molecule has 0 atom stereocenters. The maximum atomic E-state index is 8.63. The first-order valence-corrected chi connectivity index (χ1v) is 4.05. The molecule has 0 N–H and O–H groups in total. The third-order valence-corrected chi connectivity index (χ3v) is 2.05. The van der Waals surface area contributed by atoms with Gasteiger partial charge in [0, 0.05) is 4.47 Å². The summed E-state index contributed by atoms with van der Waals surface area (Å²) in [7, 11) is 0. The normalized spacial score (nSPS) is 9.27. The first-order valence-electron chi connectivity index (χ1n) is 2.88. The lowest BCUT2D eigenvalue weighted by atomic mass is 10.2. The minimum atomic E-state index is 0.397. The van der Waals surface area contributed by atoms with Crippen LogP contribution in [0, 0.1) is 18.3 Å². The number of rotatable bonds is 0. The van der Waals surface area contributed by atoms with Crippen LogP contribution in [-0.2, 0) is 0 Å². The van der Waals surface area contributed by atoms with Crippen LogP contribution in [0.25, 0.3) is 0 Å².